The monoisotopic (exact) mass is 260 g/mol. The fourth-order valence-corrected chi connectivity index (χ4v) is 2.17. The molecule has 0 atom stereocenters. The summed E-state index contributed by atoms with van der Waals surface area (Å²) in [6.07, 6.45) is 0. The van der Waals surface area contributed by atoms with Crippen molar-refractivity contribution in [1.82, 2.24) is 9.97 Å². The standard InChI is InChI=1S/C14H10ClFN2/c1-8-5-6-13(15)18-14(8)12-7-9-10(16)3-2-4-11(9)17-12/h2-7,17H,1H3. The third kappa shape index (κ3) is 1.77. The molecule has 4 heteroatoms. The fourth-order valence-electron chi connectivity index (χ4n) is 2.02. The summed E-state index contributed by atoms with van der Waals surface area (Å²) in [6, 6.07) is 10.3. The summed E-state index contributed by atoms with van der Waals surface area (Å²) in [5.74, 6) is -0.241. The van der Waals surface area contributed by atoms with E-state index >= 15 is 0 Å². The molecule has 0 spiro atoms. The maximum Gasteiger partial charge on any atom is 0.132 e. The predicted octanol–water partition coefficient (Wildman–Crippen LogP) is 4.33. The summed E-state index contributed by atoms with van der Waals surface area (Å²) < 4.78 is 13.6. The third-order valence-corrected chi connectivity index (χ3v) is 3.14. The molecule has 0 aliphatic carbocycles. The molecule has 1 aromatic carbocycles. The molecule has 0 bridgehead atoms. The molecule has 0 fully saturated rings. The highest BCUT2D eigenvalue weighted by atomic mass is 35.5. The van der Waals surface area contributed by atoms with Gasteiger partial charge in [0.1, 0.15) is 11.0 Å². The molecule has 0 amide bonds. The number of aromatic amines is 1. The number of nitrogens with zero attached hydrogens (tertiary/aromatic N) is 1. The van der Waals surface area contributed by atoms with Gasteiger partial charge in [-0.1, -0.05) is 23.7 Å². The Morgan fingerprint density at radius 2 is 2.06 bits per heavy atom. The van der Waals surface area contributed by atoms with Crippen molar-refractivity contribution < 1.29 is 4.39 Å². The second-order valence-electron chi connectivity index (χ2n) is 4.18. The van der Waals surface area contributed by atoms with Crippen LogP contribution in [0.3, 0.4) is 0 Å². The van der Waals surface area contributed by atoms with E-state index in [-0.39, 0.29) is 5.82 Å². The minimum absolute atomic E-state index is 0.241. The van der Waals surface area contributed by atoms with Gasteiger partial charge in [0.2, 0.25) is 0 Å². The SMILES string of the molecule is Cc1ccc(Cl)nc1-c1cc2c(F)cccc2[nH]1. The Balaban J connectivity index is 2.26. The molecule has 2 heterocycles. The first-order valence-corrected chi connectivity index (χ1v) is 5.94. The summed E-state index contributed by atoms with van der Waals surface area (Å²) >= 11 is 5.90. The highest BCUT2D eigenvalue weighted by Gasteiger charge is 2.10. The zero-order valence-corrected chi connectivity index (χ0v) is 10.4. The van der Waals surface area contributed by atoms with E-state index in [2.05, 4.69) is 9.97 Å². The number of nitrogens with one attached hydrogen (secondary N) is 1. The van der Waals surface area contributed by atoms with E-state index in [1.807, 2.05) is 19.1 Å². The minimum atomic E-state index is -0.241. The van der Waals surface area contributed by atoms with Gasteiger partial charge >= 0.3 is 0 Å². The largest absolute Gasteiger partial charge is 0.353 e. The number of benzene rings is 1. The molecule has 2 aromatic heterocycles. The number of aryl methyl sites for hydroxylation is 1. The van der Waals surface area contributed by atoms with E-state index in [0.29, 0.717) is 10.5 Å². The molecule has 18 heavy (non-hydrogen) atoms. The lowest BCUT2D eigenvalue weighted by Crippen LogP contribution is -1.88. The Labute approximate surface area is 108 Å². The Morgan fingerprint density at radius 3 is 2.83 bits per heavy atom. The number of hydrogen-bond donors (Lipinski definition) is 1. The van der Waals surface area contributed by atoms with Gasteiger partial charge in [-0.2, -0.15) is 0 Å². The van der Waals surface area contributed by atoms with E-state index in [0.717, 1.165) is 22.5 Å². The second-order valence-corrected chi connectivity index (χ2v) is 4.57. The maximum atomic E-state index is 13.6. The number of rotatable bonds is 1. The van der Waals surface area contributed by atoms with Crippen LogP contribution < -0.4 is 0 Å². The Hall–Kier alpha value is -1.87. The van der Waals surface area contributed by atoms with Crippen molar-refractivity contribution in [2.75, 3.05) is 0 Å². The summed E-state index contributed by atoms with van der Waals surface area (Å²) in [6.45, 7) is 1.94. The molecule has 0 saturated heterocycles. The molecule has 0 aliphatic rings. The average Bonchev–Trinajstić information content (AvgIpc) is 2.77. The molecule has 1 N–H and O–H groups in total. The van der Waals surface area contributed by atoms with Crippen LogP contribution in [0.25, 0.3) is 22.3 Å². The minimum Gasteiger partial charge on any atom is -0.353 e. The van der Waals surface area contributed by atoms with Gasteiger partial charge in [0.25, 0.3) is 0 Å². The zero-order chi connectivity index (χ0) is 12.7. The molecular weight excluding hydrogens is 251 g/mol. The zero-order valence-electron chi connectivity index (χ0n) is 9.67. The molecule has 3 rings (SSSR count). The maximum absolute atomic E-state index is 13.6. The third-order valence-electron chi connectivity index (χ3n) is 2.93. The van der Waals surface area contributed by atoms with Crippen molar-refractivity contribution in [2.45, 2.75) is 6.92 Å². The van der Waals surface area contributed by atoms with Crippen LogP contribution in [-0.4, -0.2) is 9.97 Å². The van der Waals surface area contributed by atoms with Gasteiger partial charge in [0, 0.05) is 10.9 Å². The molecule has 0 saturated carbocycles. The molecule has 3 aromatic rings. The highest BCUT2D eigenvalue weighted by molar-refractivity contribution is 6.29. The predicted molar refractivity (Wildman–Crippen MR) is 71.2 cm³/mol. The van der Waals surface area contributed by atoms with E-state index in [9.17, 15) is 4.39 Å². The van der Waals surface area contributed by atoms with E-state index in [1.54, 1.807) is 18.2 Å². The van der Waals surface area contributed by atoms with E-state index in [1.165, 1.54) is 6.07 Å². The normalized spacial score (nSPS) is 11.1. The molecule has 0 aliphatic heterocycles. The van der Waals surface area contributed by atoms with Gasteiger partial charge in [0.05, 0.1) is 11.4 Å². The lowest BCUT2D eigenvalue weighted by Gasteiger charge is -2.02. The Bertz CT molecular complexity index is 734. The lowest BCUT2D eigenvalue weighted by atomic mass is 10.1. The first-order chi connectivity index (χ1) is 8.65. The first-order valence-electron chi connectivity index (χ1n) is 5.56. The van der Waals surface area contributed by atoms with Crippen LogP contribution in [0.1, 0.15) is 5.56 Å². The van der Waals surface area contributed by atoms with Crippen molar-refractivity contribution >= 4 is 22.5 Å². The number of fused-ring (bicyclic) bond motifs is 1. The van der Waals surface area contributed by atoms with Gasteiger partial charge in [-0.15, -0.1) is 0 Å². The molecule has 0 unspecified atom stereocenters. The fraction of sp³-hybridized carbons (Fsp3) is 0.0714. The van der Waals surface area contributed by atoms with Gasteiger partial charge in [-0.3, -0.25) is 0 Å². The lowest BCUT2D eigenvalue weighted by molar-refractivity contribution is 0.640. The topological polar surface area (TPSA) is 28.7 Å². The molecule has 2 nitrogen and oxygen atoms in total. The summed E-state index contributed by atoms with van der Waals surface area (Å²) in [5, 5.41) is 0.989. The average molecular weight is 261 g/mol. The quantitative estimate of drug-likeness (QED) is 0.648. The van der Waals surface area contributed by atoms with E-state index in [4.69, 9.17) is 11.6 Å². The number of halogens is 2. The second kappa shape index (κ2) is 4.10. The van der Waals surface area contributed by atoms with Gasteiger partial charge in [0.15, 0.2) is 0 Å². The van der Waals surface area contributed by atoms with Crippen molar-refractivity contribution in [3.63, 3.8) is 0 Å². The van der Waals surface area contributed by atoms with Crippen LogP contribution in [-0.2, 0) is 0 Å². The van der Waals surface area contributed by atoms with Crippen LogP contribution in [0.4, 0.5) is 4.39 Å². The summed E-state index contributed by atoms with van der Waals surface area (Å²) in [7, 11) is 0. The number of pyridine rings is 1. The number of aromatic nitrogens is 2. The van der Waals surface area contributed by atoms with Crippen LogP contribution in [0.5, 0.6) is 0 Å². The number of hydrogen-bond acceptors (Lipinski definition) is 1. The molecular formula is C14H10ClFN2. The van der Waals surface area contributed by atoms with Crippen LogP contribution >= 0.6 is 11.6 Å². The molecule has 90 valence electrons. The van der Waals surface area contributed by atoms with Crippen LogP contribution in [0.15, 0.2) is 36.4 Å². The van der Waals surface area contributed by atoms with Gasteiger partial charge in [-0.25, -0.2) is 9.37 Å². The van der Waals surface area contributed by atoms with Crippen LogP contribution in [0, 0.1) is 12.7 Å². The molecule has 0 radical (unpaired) electrons. The van der Waals surface area contributed by atoms with Crippen molar-refractivity contribution in [2.24, 2.45) is 0 Å². The Kier molecular flexibility index (Phi) is 2.56. The highest BCUT2D eigenvalue weighted by Crippen LogP contribution is 2.27. The van der Waals surface area contributed by atoms with E-state index < -0.39 is 0 Å². The summed E-state index contributed by atoms with van der Waals surface area (Å²) in [5.41, 5.74) is 3.27. The van der Waals surface area contributed by atoms with Gasteiger partial charge < -0.3 is 4.98 Å². The smallest absolute Gasteiger partial charge is 0.132 e. The van der Waals surface area contributed by atoms with Crippen molar-refractivity contribution in [1.29, 1.82) is 0 Å². The van der Waals surface area contributed by atoms with Crippen molar-refractivity contribution in [3.05, 3.63) is 52.9 Å². The van der Waals surface area contributed by atoms with Crippen LogP contribution in [0.2, 0.25) is 5.15 Å². The first kappa shape index (κ1) is 11.2. The van der Waals surface area contributed by atoms with Gasteiger partial charge in [-0.05, 0) is 36.8 Å². The summed E-state index contributed by atoms with van der Waals surface area (Å²) in [4.78, 5) is 7.44. The van der Waals surface area contributed by atoms with Crippen molar-refractivity contribution in [3.8, 4) is 11.4 Å². The Morgan fingerprint density at radius 1 is 1.22 bits per heavy atom. The number of H-pyrrole nitrogens is 1.